The maximum atomic E-state index is 9.44. The van der Waals surface area contributed by atoms with Gasteiger partial charge in [-0.2, -0.15) is 0 Å². The molecular weight excluding hydrogens is 246 g/mol. The number of aliphatic hydroxyl groups is 1. The molecule has 0 bridgehead atoms. The molecule has 0 aliphatic heterocycles. The Morgan fingerprint density at radius 2 is 1.79 bits per heavy atom. The molecule has 19 heavy (non-hydrogen) atoms. The van der Waals surface area contributed by atoms with Gasteiger partial charge in [0.05, 0.1) is 26.4 Å². The Morgan fingerprint density at radius 1 is 1.21 bits per heavy atom. The normalized spacial score (nSPS) is 13.7. The Kier molecular flexibility index (Phi) is 5.92. The minimum absolute atomic E-state index is 0.0156. The third kappa shape index (κ3) is 4.01. The molecule has 0 saturated carbocycles. The van der Waals surface area contributed by atoms with Crippen molar-refractivity contribution in [2.45, 2.75) is 19.4 Å². The Hall–Kier alpha value is -1.46. The Morgan fingerprint density at radius 3 is 2.21 bits per heavy atom. The largest absolute Gasteiger partial charge is 0.493 e. The highest BCUT2D eigenvalue weighted by molar-refractivity contribution is 5.51. The average molecular weight is 269 g/mol. The molecule has 0 spiro atoms. The SMILES string of the molecule is CCNC(C)(CO)COc1c(OC)cccc1OC. The van der Waals surface area contributed by atoms with Crippen molar-refractivity contribution in [3.8, 4) is 17.2 Å². The topological polar surface area (TPSA) is 60.0 Å². The minimum Gasteiger partial charge on any atom is -0.493 e. The fourth-order valence-corrected chi connectivity index (χ4v) is 1.77. The predicted octanol–water partition coefficient (Wildman–Crippen LogP) is 1.44. The highest BCUT2D eigenvalue weighted by atomic mass is 16.5. The molecule has 1 aromatic carbocycles. The molecule has 5 heteroatoms. The monoisotopic (exact) mass is 269 g/mol. The molecule has 0 radical (unpaired) electrons. The second-order valence-electron chi connectivity index (χ2n) is 4.53. The number of para-hydroxylation sites is 1. The number of likely N-dealkylation sites (N-methyl/N-ethyl adjacent to an activating group) is 1. The van der Waals surface area contributed by atoms with Gasteiger partial charge in [-0.1, -0.05) is 13.0 Å². The number of benzene rings is 1. The summed E-state index contributed by atoms with van der Waals surface area (Å²) in [6.07, 6.45) is 0. The Balaban J connectivity index is 2.86. The van der Waals surface area contributed by atoms with Crippen LogP contribution in [0.4, 0.5) is 0 Å². The van der Waals surface area contributed by atoms with Gasteiger partial charge in [0.15, 0.2) is 11.5 Å². The van der Waals surface area contributed by atoms with Crippen molar-refractivity contribution in [1.29, 1.82) is 0 Å². The molecule has 1 rings (SSSR count). The van der Waals surface area contributed by atoms with Crippen LogP contribution >= 0.6 is 0 Å². The zero-order valence-electron chi connectivity index (χ0n) is 12.0. The molecule has 0 fully saturated rings. The van der Waals surface area contributed by atoms with Crippen LogP contribution in [-0.2, 0) is 0 Å². The molecular formula is C14H23NO4. The van der Waals surface area contributed by atoms with Crippen LogP contribution in [0.1, 0.15) is 13.8 Å². The fraction of sp³-hybridized carbons (Fsp3) is 0.571. The van der Waals surface area contributed by atoms with E-state index in [0.717, 1.165) is 6.54 Å². The van der Waals surface area contributed by atoms with E-state index in [1.54, 1.807) is 26.4 Å². The summed E-state index contributed by atoms with van der Waals surface area (Å²) in [7, 11) is 3.16. The van der Waals surface area contributed by atoms with E-state index in [-0.39, 0.29) is 6.61 Å². The molecule has 0 aliphatic carbocycles. The van der Waals surface area contributed by atoms with Crippen LogP contribution in [-0.4, -0.2) is 44.6 Å². The molecule has 0 aliphatic rings. The van der Waals surface area contributed by atoms with Crippen LogP contribution in [0.3, 0.4) is 0 Å². The highest BCUT2D eigenvalue weighted by Crippen LogP contribution is 2.37. The van der Waals surface area contributed by atoms with Crippen LogP contribution in [0.2, 0.25) is 0 Å². The molecule has 1 aromatic rings. The zero-order valence-corrected chi connectivity index (χ0v) is 12.0. The van der Waals surface area contributed by atoms with Crippen molar-refractivity contribution in [2.75, 3.05) is 34.0 Å². The molecule has 0 heterocycles. The smallest absolute Gasteiger partial charge is 0.203 e. The summed E-state index contributed by atoms with van der Waals surface area (Å²) in [6, 6.07) is 5.45. The first kappa shape index (κ1) is 15.6. The van der Waals surface area contributed by atoms with Crippen LogP contribution in [0.15, 0.2) is 18.2 Å². The van der Waals surface area contributed by atoms with Gasteiger partial charge in [0, 0.05) is 0 Å². The van der Waals surface area contributed by atoms with E-state index in [4.69, 9.17) is 14.2 Å². The summed E-state index contributed by atoms with van der Waals surface area (Å²) < 4.78 is 16.3. The molecule has 0 aromatic heterocycles. The first-order chi connectivity index (χ1) is 9.10. The Labute approximate surface area is 114 Å². The van der Waals surface area contributed by atoms with E-state index in [0.29, 0.717) is 23.9 Å². The third-order valence-corrected chi connectivity index (χ3v) is 2.87. The van der Waals surface area contributed by atoms with E-state index in [1.807, 2.05) is 19.9 Å². The Bertz CT molecular complexity index is 375. The van der Waals surface area contributed by atoms with E-state index in [1.165, 1.54) is 0 Å². The van der Waals surface area contributed by atoms with Gasteiger partial charge in [0.1, 0.15) is 6.61 Å². The lowest BCUT2D eigenvalue weighted by atomic mass is 10.1. The van der Waals surface area contributed by atoms with Gasteiger partial charge in [0.2, 0.25) is 5.75 Å². The molecule has 108 valence electrons. The number of ether oxygens (including phenoxy) is 3. The van der Waals surface area contributed by atoms with Crippen molar-refractivity contribution in [1.82, 2.24) is 5.32 Å². The van der Waals surface area contributed by atoms with Crippen LogP contribution in [0, 0.1) is 0 Å². The van der Waals surface area contributed by atoms with Gasteiger partial charge in [0.25, 0.3) is 0 Å². The maximum Gasteiger partial charge on any atom is 0.203 e. The molecule has 5 nitrogen and oxygen atoms in total. The van der Waals surface area contributed by atoms with Crippen molar-refractivity contribution in [2.24, 2.45) is 0 Å². The second kappa shape index (κ2) is 7.21. The van der Waals surface area contributed by atoms with Crippen LogP contribution < -0.4 is 19.5 Å². The summed E-state index contributed by atoms with van der Waals surface area (Å²) in [5.41, 5.74) is -0.499. The van der Waals surface area contributed by atoms with Gasteiger partial charge in [-0.15, -0.1) is 0 Å². The molecule has 1 atom stereocenters. The quantitative estimate of drug-likeness (QED) is 0.748. The average Bonchev–Trinajstić information content (AvgIpc) is 2.44. The number of rotatable bonds is 8. The van der Waals surface area contributed by atoms with Crippen molar-refractivity contribution >= 4 is 0 Å². The van der Waals surface area contributed by atoms with Crippen molar-refractivity contribution in [3.63, 3.8) is 0 Å². The number of hydrogen-bond donors (Lipinski definition) is 2. The number of hydrogen-bond acceptors (Lipinski definition) is 5. The molecule has 2 N–H and O–H groups in total. The predicted molar refractivity (Wildman–Crippen MR) is 74.2 cm³/mol. The second-order valence-corrected chi connectivity index (χ2v) is 4.53. The first-order valence-corrected chi connectivity index (χ1v) is 6.30. The van der Waals surface area contributed by atoms with Crippen LogP contribution in [0.25, 0.3) is 0 Å². The van der Waals surface area contributed by atoms with Gasteiger partial charge < -0.3 is 24.6 Å². The third-order valence-electron chi connectivity index (χ3n) is 2.87. The molecule has 1 unspecified atom stereocenters. The summed E-state index contributed by atoms with van der Waals surface area (Å²) in [6.45, 7) is 4.94. The summed E-state index contributed by atoms with van der Waals surface area (Å²) in [5.74, 6) is 1.76. The standard InChI is InChI=1S/C14H23NO4/c1-5-15-14(2,9-16)10-19-13-11(17-3)7-6-8-12(13)18-4/h6-8,15-16H,5,9-10H2,1-4H3. The number of nitrogens with one attached hydrogen (secondary N) is 1. The summed E-state index contributed by atoms with van der Waals surface area (Å²) in [5, 5.41) is 12.6. The van der Waals surface area contributed by atoms with Crippen molar-refractivity contribution < 1.29 is 19.3 Å². The molecule has 0 amide bonds. The summed E-state index contributed by atoms with van der Waals surface area (Å²) >= 11 is 0. The lowest BCUT2D eigenvalue weighted by molar-refractivity contribution is 0.113. The lowest BCUT2D eigenvalue weighted by Gasteiger charge is -2.28. The lowest BCUT2D eigenvalue weighted by Crippen LogP contribution is -2.50. The van der Waals surface area contributed by atoms with E-state index < -0.39 is 5.54 Å². The zero-order chi connectivity index (χ0) is 14.3. The highest BCUT2D eigenvalue weighted by Gasteiger charge is 2.24. The van der Waals surface area contributed by atoms with E-state index in [9.17, 15) is 5.11 Å². The van der Waals surface area contributed by atoms with E-state index >= 15 is 0 Å². The van der Waals surface area contributed by atoms with Crippen LogP contribution in [0.5, 0.6) is 17.2 Å². The van der Waals surface area contributed by atoms with Crippen molar-refractivity contribution in [3.05, 3.63) is 18.2 Å². The van der Waals surface area contributed by atoms with Gasteiger partial charge in [-0.25, -0.2) is 0 Å². The minimum atomic E-state index is -0.499. The van der Waals surface area contributed by atoms with Gasteiger partial charge in [-0.3, -0.25) is 0 Å². The van der Waals surface area contributed by atoms with Gasteiger partial charge in [-0.05, 0) is 25.6 Å². The molecule has 0 saturated heterocycles. The summed E-state index contributed by atoms with van der Waals surface area (Å²) in [4.78, 5) is 0. The van der Waals surface area contributed by atoms with E-state index in [2.05, 4.69) is 5.32 Å². The maximum absolute atomic E-state index is 9.44. The van der Waals surface area contributed by atoms with Gasteiger partial charge >= 0.3 is 0 Å². The fourth-order valence-electron chi connectivity index (χ4n) is 1.77. The number of aliphatic hydroxyl groups excluding tert-OH is 1. The number of methoxy groups -OCH3 is 2. The first-order valence-electron chi connectivity index (χ1n) is 6.30.